The van der Waals surface area contributed by atoms with Crippen molar-refractivity contribution in [3.05, 3.63) is 12.2 Å². The van der Waals surface area contributed by atoms with Crippen molar-refractivity contribution in [3.63, 3.8) is 0 Å². The number of amides is 4. The van der Waals surface area contributed by atoms with Crippen molar-refractivity contribution in [2.45, 2.75) is 70.3 Å². The third-order valence-corrected chi connectivity index (χ3v) is 5.63. The zero-order valence-electron chi connectivity index (χ0n) is 17.8. The molecule has 0 aromatic heterocycles. The van der Waals surface area contributed by atoms with E-state index >= 15 is 0 Å². The van der Waals surface area contributed by atoms with Gasteiger partial charge in [0.25, 0.3) is 11.8 Å². The van der Waals surface area contributed by atoms with Gasteiger partial charge in [-0.3, -0.25) is 34.3 Å². The standard InChI is InChI=1S/C20H26F3N3O6/c1-12(2)19(18(31)32,26-16(29)9-10-17(26)30)24-13(20(21,22)23)6-4-3-5-11-25-14(27)7-8-15(25)28/h7-8,12-13,24H,3-6,9-11H2,1-2H3,(H,31,32)/t13?,19-/m0/s1. The Morgan fingerprint density at radius 1 is 1.03 bits per heavy atom. The summed E-state index contributed by atoms with van der Waals surface area (Å²) in [6.07, 6.45) is -3.11. The predicted octanol–water partition coefficient (Wildman–Crippen LogP) is 1.58. The van der Waals surface area contributed by atoms with E-state index in [0.717, 1.165) is 17.1 Å². The average Bonchev–Trinajstić information content (AvgIpc) is 3.18. The Kier molecular flexibility index (Phi) is 7.81. The van der Waals surface area contributed by atoms with Crippen LogP contribution in [0.3, 0.4) is 0 Å². The fraction of sp³-hybridized carbons (Fsp3) is 0.650. The van der Waals surface area contributed by atoms with E-state index in [2.05, 4.69) is 5.32 Å². The van der Waals surface area contributed by atoms with Gasteiger partial charge in [0.15, 0.2) is 0 Å². The summed E-state index contributed by atoms with van der Waals surface area (Å²) in [7, 11) is 0. The van der Waals surface area contributed by atoms with Gasteiger partial charge in [-0.05, 0) is 12.8 Å². The normalized spacial score (nSPS) is 19.9. The molecule has 0 aromatic carbocycles. The van der Waals surface area contributed by atoms with Crippen LogP contribution < -0.4 is 5.32 Å². The Labute approximate surface area is 182 Å². The van der Waals surface area contributed by atoms with Gasteiger partial charge in [0.2, 0.25) is 17.5 Å². The SMILES string of the molecule is CC(C)[C@@](NC(CCCCCN1C(=O)C=CC1=O)C(F)(F)F)(C(=O)O)N1C(=O)CCC1=O. The van der Waals surface area contributed by atoms with Crippen molar-refractivity contribution < 1.29 is 42.3 Å². The van der Waals surface area contributed by atoms with Crippen LogP contribution in [0, 0.1) is 5.92 Å². The van der Waals surface area contributed by atoms with Crippen LogP contribution in [0.1, 0.15) is 52.4 Å². The molecule has 2 atom stereocenters. The van der Waals surface area contributed by atoms with Crippen molar-refractivity contribution in [3.8, 4) is 0 Å². The van der Waals surface area contributed by atoms with E-state index in [1.165, 1.54) is 13.8 Å². The minimum Gasteiger partial charge on any atom is -0.478 e. The van der Waals surface area contributed by atoms with Gasteiger partial charge in [0.1, 0.15) is 6.04 Å². The van der Waals surface area contributed by atoms with E-state index in [0.29, 0.717) is 4.90 Å². The molecule has 178 valence electrons. The van der Waals surface area contributed by atoms with Gasteiger partial charge in [-0.2, -0.15) is 13.2 Å². The van der Waals surface area contributed by atoms with Crippen LogP contribution in [-0.4, -0.2) is 68.9 Å². The van der Waals surface area contributed by atoms with Crippen LogP contribution in [0.2, 0.25) is 0 Å². The Balaban J connectivity index is 2.10. The van der Waals surface area contributed by atoms with Crippen LogP contribution in [0.15, 0.2) is 12.2 Å². The molecule has 4 amide bonds. The third-order valence-electron chi connectivity index (χ3n) is 5.63. The van der Waals surface area contributed by atoms with Gasteiger partial charge in [0, 0.05) is 37.5 Å². The van der Waals surface area contributed by atoms with Gasteiger partial charge >= 0.3 is 12.1 Å². The van der Waals surface area contributed by atoms with Gasteiger partial charge in [-0.15, -0.1) is 0 Å². The second-order valence-electron chi connectivity index (χ2n) is 8.10. The number of nitrogens with one attached hydrogen (secondary N) is 1. The second-order valence-corrected chi connectivity index (χ2v) is 8.10. The number of unbranched alkanes of at least 4 members (excludes halogenated alkanes) is 2. The summed E-state index contributed by atoms with van der Waals surface area (Å²) in [4.78, 5) is 60.9. The molecule has 32 heavy (non-hydrogen) atoms. The molecule has 2 rings (SSSR count). The van der Waals surface area contributed by atoms with Gasteiger partial charge < -0.3 is 5.11 Å². The Hall–Kier alpha value is -2.76. The first-order valence-electron chi connectivity index (χ1n) is 10.3. The maximum Gasteiger partial charge on any atom is 0.403 e. The lowest BCUT2D eigenvalue weighted by atomic mass is 9.91. The van der Waals surface area contributed by atoms with E-state index in [1.807, 2.05) is 0 Å². The Bertz CT molecular complexity index is 792. The van der Waals surface area contributed by atoms with Gasteiger partial charge in [0.05, 0.1) is 0 Å². The summed E-state index contributed by atoms with van der Waals surface area (Å²) < 4.78 is 41.3. The number of carbonyl (C=O) groups excluding carboxylic acids is 4. The predicted molar refractivity (Wildman–Crippen MR) is 104 cm³/mol. The van der Waals surface area contributed by atoms with E-state index < -0.39 is 59.8 Å². The molecule has 12 heteroatoms. The number of carboxylic acids is 1. The summed E-state index contributed by atoms with van der Waals surface area (Å²) in [5, 5.41) is 11.9. The lowest BCUT2D eigenvalue weighted by Crippen LogP contribution is -2.72. The zero-order valence-corrected chi connectivity index (χ0v) is 17.8. The molecule has 0 bridgehead atoms. The molecule has 2 N–H and O–H groups in total. The highest BCUT2D eigenvalue weighted by molar-refractivity contribution is 6.12. The topological polar surface area (TPSA) is 124 Å². The summed E-state index contributed by atoms with van der Waals surface area (Å²) in [5.41, 5.74) is -2.54. The third kappa shape index (κ3) is 5.17. The van der Waals surface area contributed by atoms with Crippen LogP contribution in [-0.2, 0) is 24.0 Å². The summed E-state index contributed by atoms with van der Waals surface area (Å²) in [6.45, 7) is 2.72. The molecular weight excluding hydrogens is 435 g/mol. The van der Waals surface area contributed by atoms with Crippen molar-refractivity contribution in [2.75, 3.05) is 6.54 Å². The number of alkyl halides is 3. The molecule has 9 nitrogen and oxygen atoms in total. The lowest BCUT2D eigenvalue weighted by Gasteiger charge is -2.43. The summed E-state index contributed by atoms with van der Waals surface area (Å²) >= 11 is 0. The van der Waals surface area contributed by atoms with E-state index in [4.69, 9.17) is 0 Å². The van der Waals surface area contributed by atoms with Crippen molar-refractivity contribution in [1.82, 2.24) is 15.1 Å². The number of hydrogen-bond acceptors (Lipinski definition) is 6. The summed E-state index contributed by atoms with van der Waals surface area (Å²) in [6, 6.07) is -2.29. The number of aliphatic carboxylic acids is 1. The molecule has 1 unspecified atom stereocenters. The minimum atomic E-state index is -4.84. The number of carbonyl (C=O) groups is 5. The molecule has 2 aliphatic rings. The van der Waals surface area contributed by atoms with Crippen molar-refractivity contribution in [2.24, 2.45) is 5.92 Å². The molecule has 1 saturated heterocycles. The monoisotopic (exact) mass is 461 g/mol. The van der Waals surface area contributed by atoms with Gasteiger partial charge in [-0.25, -0.2) is 4.79 Å². The Morgan fingerprint density at radius 3 is 2.00 bits per heavy atom. The molecular formula is C20H26F3N3O6. The lowest BCUT2D eigenvalue weighted by molar-refractivity contribution is -0.188. The fourth-order valence-corrected chi connectivity index (χ4v) is 3.89. The van der Waals surface area contributed by atoms with Crippen LogP contribution in [0.4, 0.5) is 13.2 Å². The van der Waals surface area contributed by atoms with Crippen LogP contribution in [0.5, 0.6) is 0 Å². The number of nitrogens with zero attached hydrogens (tertiary/aromatic N) is 2. The molecule has 0 spiro atoms. The smallest absolute Gasteiger partial charge is 0.403 e. The van der Waals surface area contributed by atoms with Gasteiger partial charge in [-0.1, -0.05) is 26.7 Å². The van der Waals surface area contributed by atoms with E-state index in [-0.39, 0.29) is 38.6 Å². The number of likely N-dealkylation sites (tertiary alicyclic amines) is 1. The summed E-state index contributed by atoms with van der Waals surface area (Å²) in [5.74, 6) is -5.43. The van der Waals surface area contributed by atoms with Crippen molar-refractivity contribution >= 4 is 29.6 Å². The molecule has 0 aliphatic carbocycles. The highest BCUT2D eigenvalue weighted by Crippen LogP contribution is 2.33. The first kappa shape index (κ1) is 25.5. The number of hydrogen-bond donors (Lipinski definition) is 2. The number of halogens is 3. The van der Waals surface area contributed by atoms with E-state index in [1.54, 1.807) is 0 Å². The Morgan fingerprint density at radius 2 is 1.56 bits per heavy atom. The second kappa shape index (κ2) is 9.80. The molecule has 0 radical (unpaired) electrons. The number of imide groups is 2. The van der Waals surface area contributed by atoms with Crippen molar-refractivity contribution in [1.29, 1.82) is 0 Å². The van der Waals surface area contributed by atoms with E-state index in [9.17, 15) is 42.3 Å². The minimum absolute atomic E-state index is 0.0104. The zero-order chi connectivity index (χ0) is 24.3. The molecule has 0 saturated carbocycles. The number of carboxylic acid groups (broad SMARTS) is 1. The quantitative estimate of drug-likeness (QED) is 0.354. The highest BCUT2D eigenvalue weighted by atomic mass is 19.4. The largest absolute Gasteiger partial charge is 0.478 e. The molecule has 2 aliphatic heterocycles. The molecule has 2 heterocycles. The number of rotatable bonds is 11. The fourth-order valence-electron chi connectivity index (χ4n) is 3.89. The molecule has 1 fully saturated rings. The first-order chi connectivity index (χ1) is 14.8. The maximum absolute atomic E-state index is 13.8. The average molecular weight is 461 g/mol. The maximum atomic E-state index is 13.8. The first-order valence-corrected chi connectivity index (χ1v) is 10.3. The van der Waals surface area contributed by atoms with Crippen LogP contribution >= 0.6 is 0 Å². The highest BCUT2D eigenvalue weighted by Gasteiger charge is 2.57. The molecule has 0 aromatic rings. The van der Waals surface area contributed by atoms with Crippen LogP contribution in [0.25, 0.3) is 0 Å².